The molecule has 2 aromatic rings. The average Bonchev–Trinajstić information content (AvgIpc) is 3.18. The molecular weight excluding hydrogens is 510 g/mol. The number of rotatable bonds is 9. The van der Waals surface area contributed by atoms with Crippen LogP contribution in [0.5, 0.6) is 0 Å². The van der Waals surface area contributed by atoms with E-state index in [4.69, 9.17) is 0 Å². The summed E-state index contributed by atoms with van der Waals surface area (Å²) in [6.45, 7) is 5.01. The zero-order chi connectivity index (χ0) is 27.5. The number of hydrogen-bond donors (Lipinski definition) is 1. The summed E-state index contributed by atoms with van der Waals surface area (Å²) >= 11 is 0. The predicted molar refractivity (Wildman–Crippen MR) is 142 cm³/mol. The predicted octanol–water partition coefficient (Wildman–Crippen LogP) is 2.59. The van der Waals surface area contributed by atoms with E-state index in [0.717, 1.165) is 12.1 Å². The van der Waals surface area contributed by atoms with Gasteiger partial charge in [0.25, 0.3) is 5.69 Å². The molecule has 204 valence electrons. The molecule has 12 heteroatoms. The Kier molecular flexibility index (Phi) is 8.02. The Bertz CT molecular complexity index is 1280. The molecule has 0 aromatic heterocycles. The lowest BCUT2D eigenvalue weighted by atomic mass is 9.86. The smallest absolute Gasteiger partial charge is 0.269 e. The molecule has 11 nitrogen and oxygen atoms in total. The summed E-state index contributed by atoms with van der Waals surface area (Å²) in [5.41, 5.74) is -0.334. The average molecular weight is 544 g/mol. The molecule has 0 bridgehead atoms. The van der Waals surface area contributed by atoms with Crippen LogP contribution in [0.15, 0.2) is 59.5 Å². The van der Waals surface area contributed by atoms with Crippen molar-refractivity contribution in [1.82, 2.24) is 14.5 Å². The molecule has 1 N–H and O–H groups in total. The van der Waals surface area contributed by atoms with Crippen LogP contribution in [-0.4, -0.2) is 72.7 Å². The Morgan fingerprint density at radius 3 is 2.32 bits per heavy atom. The van der Waals surface area contributed by atoms with Crippen molar-refractivity contribution in [2.75, 3.05) is 37.7 Å². The lowest BCUT2D eigenvalue weighted by Gasteiger charge is -2.42. The van der Waals surface area contributed by atoms with E-state index in [2.05, 4.69) is 12.2 Å². The molecule has 1 spiro atoms. The van der Waals surface area contributed by atoms with E-state index in [1.807, 2.05) is 42.2 Å². The molecule has 4 rings (SSSR count). The SMILES string of the molecule is CCC(C)CNC(=O)CN1CN(c2ccccc2)C2(CCN(S(=O)(=O)c3ccc([N+](=O)[O-])cc3)CC2)C1=O. The number of carbonyl (C=O) groups excluding carboxylic acids is 2. The molecule has 1 atom stereocenters. The third kappa shape index (κ3) is 5.37. The van der Waals surface area contributed by atoms with Crippen LogP contribution in [0.25, 0.3) is 0 Å². The van der Waals surface area contributed by atoms with Gasteiger partial charge < -0.3 is 15.1 Å². The van der Waals surface area contributed by atoms with Crippen LogP contribution >= 0.6 is 0 Å². The molecule has 2 aliphatic rings. The number of carbonyl (C=O) groups is 2. The molecule has 0 aliphatic carbocycles. The summed E-state index contributed by atoms with van der Waals surface area (Å²) < 4.78 is 27.8. The fourth-order valence-corrected chi connectivity index (χ4v) is 6.41. The second-order valence-corrected chi connectivity index (χ2v) is 11.9. The van der Waals surface area contributed by atoms with Crippen molar-refractivity contribution in [3.63, 3.8) is 0 Å². The quantitative estimate of drug-likeness (QED) is 0.380. The highest BCUT2D eigenvalue weighted by atomic mass is 32.2. The Hall–Kier alpha value is -3.51. The molecule has 1 unspecified atom stereocenters. The van der Waals surface area contributed by atoms with Crippen LogP contribution in [0.1, 0.15) is 33.1 Å². The van der Waals surface area contributed by atoms with Gasteiger partial charge in [-0.2, -0.15) is 4.31 Å². The Balaban J connectivity index is 1.53. The van der Waals surface area contributed by atoms with Gasteiger partial charge in [-0.05, 0) is 43.0 Å². The third-order valence-corrected chi connectivity index (χ3v) is 9.41. The molecule has 2 amide bonds. The molecular formula is C26H33N5O6S. The van der Waals surface area contributed by atoms with Crippen LogP contribution in [0.4, 0.5) is 11.4 Å². The minimum atomic E-state index is -3.90. The number of benzene rings is 2. The zero-order valence-corrected chi connectivity index (χ0v) is 22.4. The van der Waals surface area contributed by atoms with Crippen molar-refractivity contribution in [2.24, 2.45) is 5.92 Å². The number of nitrogens with one attached hydrogen (secondary N) is 1. The Morgan fingerprint density at radius 1 is 1.11 bits per heavy atom. The van der Waals surface area contributed by atoms with Crippen LogP contribution in [0, 0.1) is 16.0 Å². The molecule has 0 radical (unpaired) electrons. The monoisotopic (exact) mass is 543 g/mol. The largest absolute Gasteiger partial charge is 0.354 e. The number of para-hydroxylation sites is 1. The van der Waals surface area contributed by atoms with Crippen LogP contribution in [-0.2, 0) is 19.6 Å². The van der Waals surface area contributed by atoms with E-state index in [1.165, 1.54) is 28.6 Å². The van der Waals surface area contributed by atoms with Gasteiger partial charge in [0.15, 0.2) is 0 Å². The molecule has 2 heterocycles. The molecule has 2 saturated heterocycles. The minimum Gasteiger partial charge on any atom is -0.354 e. The maximum atomic E-state index is 13.8. The standard InChI is InChI=1S/C26H33N5O6S/c1-3-20(2)17-27-24(32)18-28-19-30(21-7-5-4-6-8-21)26(25(28)33)13-15-29(16-14-26)38(36,37)23-11-9-22(10-12-23)31(34)35/h4-12,20H,3,13-19H2,1-2H3,(H,27,32). The number of non-ortho nitro benzene ring substituents is 1. The minimum absolute atomic E-state index is 0.0312. The summed E-state index contributed by atoms with van der Waals surface area (Å²) in [6, 6.07) is 14.2. The number of amides is 2. The van der Waals surface area contributed by atoms with Crippen molar-refractivity contribution in [3.05, 3.63) is 64.7 Å². The number of nitro groups is 1. The first-order valence-electron chi connectivity index (χ1n) is 12.7. The fraction of sp³-hybridized carbons (Fsp3) is 0.462. The van der Waals surface area contributed by atoms with Crippen molar-refractivity contribution in [1.29, 1.82) is 0 Å². The van der Waals surface area contributed by atoms with Gasteiger partial charge >= 0.3 is 0 Å². The van der Waals surface area contributed by atoms with E-state index in [1.54, 1.807) is 4.90 Å². The lowest BCUT2D eigenvalue weighted by molar-refractivity contribution is -0.384. The number of nitro benzene ring substituents is 1. The number of anilines is 1. The molecule has 0 saturated carbocycles. The normalized spacial score (nSPS) is 18.5. The van der Waals surface area contributed by atoms with E-state index in [-0.39, 0.29) is 61.5 Å². The van der Waals surface area contributed by atoms with E-state index in [0.29, 0.717) is 12.5 Å². The van der Waals surface area contributed by atoms with Gasteiger partial charge in [0, 0.05) is 37.5 Å². The van der Waals surface area contributed by atoms with Crippen LogP contribution < -0.4 is 10.2 Å². The fourth-order valence-electron chi connectivity index (χ4n) is 4.97. The van der Waals surface area contributed by atoms with Crippen molar-refractivity contribution < 1.29 is 22.9 Å². The van der Waals surface area contributed by atoms with Gasteiger partial charge in [0.1, 0.15) is 12.1 Å². The first kappa shape index (κ1) is 27.5. The third-order valence-electron chi connectivity index (χ3n) is 7.50. The first-order chi connectivity index (χ1) is 18.1. The molecule has 2 aromatic carbocycles. The van der Waals surface area contributed by atoms with Gasteiger partial charge in [0.2, 0.25) is 21.8 Å². The molecule has 38 heavy (non-hydrogen) atoms. The highest BCUT2D eigenvalue weighted by Gasteiger charge is 2.55. The maximum absolute atomic E-state index is 13.8. The second-order valence-electron chi connectivity index (χ2n) is 9.91. The van der Waals surface area contributed by atoms with Crippen LogP contribution in [0.3, 0.4) is 0 Å². The second kappa shape index (κ2) is 11.1. The summed E-state index contributed by atoms with van der Waals surface area (Å²) in [5.74, 6) is -0.0725. The van der Waals surface area contributed by atoms with Crippen molar-refractivity contribution in [2.45, 2.75) is 43.5 Å². The highest BCUT2D eigenvalue weighted by molar-refractivity contribution is 7.89. The van der Waals surface area contributed by atoms with Crippen molar-refractivity contribution >= 4 is 33.2 Å². The van der Waals surface area contributed by atoms with E-state index < -0.39 is 20.5 Å². The Labute approximate surface area is 222 Å². The summed E-state index contributed by atoms with van der Waals surface area (Å²) in [5, 5.41) is 13.8. The maximum Gasteiger partial charge on any atom is 0.269 e. The summed E-state index contributed by atoms with van der Waals surface area (Å²) in [7, 11) is -3.90. The van der Waals surface area contributed by atoms with Crippen LogP contribution in [0.2, 0.25) is 0 Å². The number of piperidine rings is 1. The molecule has 2 fully saturated rings. The highest BCUT2D eigenvalue weighted by Crippen LogP contribution is 2.40. The van der Waals surface area contributed by atoms with Gasteiger partial charge in [0.05, 0.1) is 16.5 Å². The summed E-state index contributed by atoms with van der Waals surface area (Å²) in [4.78, 5) is 40.3. The lowest BCUT2D eigenvalue weighted by Crippen LogP contribution is -2.57. The van der Waals surface area contributed by atoms with Gasteiger partial charge in [-0.25, -0.2) is 8.42 Å². The zero-order valence-electron chi connectivity index (χ0n) is 21.6. The molecule has 2 aliphatic heterocycles. The van der Waals surface area contributed by atoms with Gasteiger partial charge in [-0.1, -0.05) is 38.5 Å². The van der Waals surface area contributed by atoms with E-state index >= 15 is 0 Å². The number of nitrogens with zero attached hydrogens (tertiary/aromatic N) is 4. The number of hydrogen-bond acceptors (Lipinski definition) is 7. The summed E-state index contributed by atoms with van der Waals surface area (Å²) in [6.07, 6.45) is 1.43. The van der Waals surface area contributed by atoms with Gasteiger partial charge in [-0.3, -0.25) is 19.7 Å². The van der Waals surface area contributed by atoms with Crippen molar-refractivity contribution in [3.8, 4) is 0 Å². The first-order valence-corrected chi connectivity index (χ1v) is 14.2. The van der Waals surface area contributed by atoms with Gasteiger partial charge in [-0.15, -0.1) is 0 Å². The Morgan fingerprint density at radius 2 is 1.74 bits per heavy atom. The van der Waals surface area contributed by atoms with E-state index in [9.17, 15) is 28.1 Å². The topological polar surface area (TPSA) is 133 Å². The number of sulfonamides is 1.